The molecule has 1 aliphatic heterocycles. The van der Waals surface area contributed by atoms with Gasteiger partial charge in [0.2, 0.25) is 5.91 Å². The highest BCUT2D eigenvalue weighted by Gasteiger charge is 2.35. The number of amides is 1. The molecule has 2 aromatic rings. The van der Waals surface area contributed by atoms with E-state index < -0.39 is 22.4 Å². The number of benzene rings is 1. The van der Waals surface area contributed by atoms with Gasteiger partial charge < -0.3 is 9.80 Å². The van der Waals surface area contributed by atoms with E-state index in [9.17, 15) is 28.1 Å². The summed E-state index contributed by atoms with van der Waals surface area (Å²) in [5.74, 6) is -0.273. The van der Waals surface area contributed by atoms with Crippen molar-refractivity contribution in [3.8, 4) is 0 Å². The number of pyridine rings is 1. The van der Waals surface area contributed by atoms with E-state index in [0.717, 1.165) is 17.7 Å². The molecule has 0 spiro atoms. The van der Waals surface area contributed by atoms with Crippen molar-refractivity contribution in [2.75, 3.05) is 25.0 Å². The number of halogens is 3. The second kappa shape index (κ2) is 8.91. The van der Waals surface area contributed by atoms with Crippen LogP contribution in [0.15, 0.2) is 42.7 Å². The molecule has 0 N–H and O–H groups in total. The molecule has 10 heteroatoms. The summed E-state index contributed by atoms with van der Waals surface area (Å²) in [7, 11) is 1.74. The van der Waals surface area contributed by atoms with Crippen LogP contribution >= 0.6 is 0 Å². The summed E-state index contributed by atoms with van der Waals surface area (Å²) < 4.78 is 38.8. The van der Waals surface area contributed by atoms with Crippen LogP contribution in [-0.2, 0) is 11.0 Å². The molecule has 1 unspecified atom stereocenters. The van der Waals surface area contributed by atoms with Gasteiger partial charge in [0, 0.05) is 44.5 Å². The predicted octanol–water partition coefficient (Wildman–Crippen LogP) is 4.44. The lowest BCUT2D eigenvalue weighted by Crippen LogP contribution is -2.42. The first kappa shape index (κ1) is 22.5. The average molecular weight is 436 g/mol. The first-order valence-electron chi connectivity index (χ1n) is 9.86. The molecule has 1 aromatic heterocycles. The predicted molar refractivity (Wildman–Crippen MR) is 108 cm³/mol. The lowest BCUT2D eigenvalue weighted by Gasteiger charge is -2.36. The van der Waals surface area contributed by atoms with E-state index in [4.69, 9.17) is 0 Å². The Balaban J connectivity index is 1.69. The van der Waals surface area contributed by atoms with Gasteiger partial charge in [0.15, 0.2) is 0 Å². The van der Waals surface area contributed by atoms with Crippen molar-refractivity contribution >= 4 is 17.3 Å². The fraction of sp³-hybridized carbons (Fsp3) is 0.429. The van der Waals surface area contributed by atoms with Crippen molar-refractivity contribution in [1.29, 1.82) is 0 Å². The number of nitrogens with zero attached hydrogens (tertiary/aromatic N) is 4. The third-order valence-corrected chi connectivity index (χ3v) is 5.80. The van der Waals surface area contributed by atoms with Gasteiger partial charge in [-0.05, 0) is 49.6 Å². The lowest BCUT2D eigenvalue weighted by atomic mass is 9.93. The Bertz CT molecular complexity index is 945. The zero-order valence-corrected chi connectivity index (χ0v) is 17.2. The Morgan fingerprint density at radius 2 is 1.84 bits per heavy atom. The number of aromatic nitrogens is 1. The summed E-state index contributed by atoms with van der Waals surface area (Å²) in [6.07, 6.45) is -0.396. The largest absolute Gasteiger partial charge is 0.416 e. The van der Waals surface area contributed by atoms with Crippen LogP contribution in [-0.4, -0.2) is 40.9 Å². The highest BCUT2D eigenvalue weighted by Crippen LogP contribution is 2.38. The second-order valence-corrected chi connectivity index (χ2v) is 7.63. The van der Waals surface area contributed by atoms with Crippen molar-refractivity contribution in [2.45, 2.75) is 32.0 Å². The van der Waals surface area contributed by atoms with Gasteiger partial charge in [-0.3, -0.25) is 19.9 Å². The van der Waals surface area contributed by atoms with Crippen LogP contribution in [0.2, 0.25) is 0 Å². The average Bonchev–Trinajstić information content (AvgIpc) is 2.77. The number of carbonyl (C=O) groups is 1. The van der Waals surface area contributed by atoms with Gasteiger partial charge in [-0.1, -0.05) is 0 Å². The SMILES string of the molecule is CC(c1ccncc1)N(C)C(=O)C1CCN(c2ccc(C(F)(F)F)cc2[N+](=O)[O-])CC1. The first-order valence-corrected chi connectivity index (χ1v) is 9.86. The second-order valence-electron chi connectivity index (χ2n) is 7.63. The van der Waals surface area contributed by atoms with E-state index in [1.807, 2.05) is 19.1 Å². The van der Waals surface area contributed by atoms with E-state index >= 15 is 0 Å². The van der Waals surface area contributed by atoms with Crippen molar-refractivity contribution in [3.63, 3.8) is 0 Å². The number of anilines is 1. The summed E-state index contributed by atoms with van der Waals surface area (Å²) in [5, 5.41) is 11.4. The van der Waals surface area contributed by atoms with Crippen LogP contribution < -0.4 is 4.90 Å². The first-order chi connectivity index (χ1) is 14.6. The van der Waals surface area contributed by atoms with E-state index in [1.165, 1.54) is 0 Å². The summed E-state index contributed by atoms with van der Waals surface area (Å²) in [5.41, 5.74) is -0.533. The molecule has 1 aromatic carbocycles. The Morgan fingerprint density at radius 1 is 1.23 bits per heavy atom. The fourth-order valence-electron chi connectivity index (χ4n) is 3.83. The van der Waals surface area contributed by atoms with Crippen LogP contribution in [0.25, 0.3) is 0 Å². The van der Waals surface area contributed by atoms with Gasteiger partial charge in [-0.25, -0.2) is 0 Å². The number of alkyl halides is 3. The highest BCUT2D eigenvalue weighted by atomic mass is 19.4. The quantitative estimate of drug-likeness (QED) is 0.511. The normalized spacial score (nSPS) is 16.1. The van der Waals surface area contributed by atoms with Crippen molar-refractivity contribution < 1.29 is 22.9 Å². The lowest BCUT2D eigenvalue weighted by molar-refractivity contribution is -0.384. The van der Waals surface area contributed by atoms with Crippen LogP contribution in [0.4, 0.5) is 24.5 Å². The van der Waals surface area contributed by atoms with Crippen LogP contribution in [0.1, 0.15) is 36.9 Å². The Hall–Kier alpha value is -3.17. The molecule has 1 amide bonds. The number of carbonyl (C=O) groups excluding carboxylic acids is 1. The van der Waals surface area contributed by atoms with Crippen LogP contribution in [0.3, 0.4) is 0 Å². The van der Waals surface area contributed by atoms with Gasteiger partial charge in [0.1, 0.15) is 5.69 Å². The van der Waals surface area contributed by atoms with E-state index in [-0.39, 0.29) is 23.6 Å². The van der Waals surface area contributed by atoms with Crippen molar-refractivity contribution in [3.05, 3.63) is 64.0 Å². The number of nitro groups is 1. The number of piperidine rings is 1. The smallest absolute Gasteiger partial charge is 0.366 e. The molecule has 0 bridgehead atoms. The van der Waals surface area contributed by atoms with Crippen molar-refractivity contribution in [1.82, 2.24) is 9.88 Å². The fourth-order valence-corrected chi connectivity index (χ4v) is 3.83. The van der Waals surface area contributed by atoms with Crippen LogP contribution in [0, 0.1) is 16.0 Å². The minimum Gasteiger partial charge on any atom is -0.366 e. The van der Waals surface area contributed by atoms with Gasteiger partial charge in [-0.2, -0.15) is 13.2 Å². The molecule has 0 radical (unpaired) electrons. The number of nitro benzene ring substituents is 1. The molecule has 31 heavy (non-hydrogen) atoms. The molecule has 166 valence electrons. The Kier molecular flexibility index (Phi) is 6.47. The molecular weight excluding hydrogens is 413 g/mol. The molecule has 1 fully saturated rings. The van der Waals surface area contributed by atoms with Gasteiger partial charge in [0.25, 0.3) is 5.69 Å². The van der Waals surface area contributed by atoms with E-state index in [1.54, 1.807) is 29.2 Å². The van der Waals surface area contributed by atoms with E-state index in [2.05, 4.69) is 4.98 Å². The maximum atomic E-state index is 12.9. The maximum Gasteiger partial charge on any atom is 0.416 e. The molecular formula is C21H23F3N4O3. The number of rotatable bonds is 5. The number of hydrogen-bond donors (Lipinski definition) is 0. The third-order valence-electron chi connectivity index (χ3n) is 5.80. The van der Waals surface area contributed by atoms with E-state index in [0.29, 0.717) is 32.0 Å². The minimum absolute atomic E-state index is 0.0223. The summed E-state index contributed by atoms with van der Waals surface area (Å²) in [6, 6.07) is 6.12. The molecule has 0 aliphatic carbocycles. The zero-order chi connectivity index (χ0) is 22.8. The Morgan fingerprint density at radius 3 is 2.39 bits per heavy atom. The molecule has 3 rings (SSSR count). The summed E-state index contributed by atoms with van der Waals surface area (Å²) in [6.45, 7) is 2.62. The standard InChI is InChI=1S/C21H23F3N4O3/c1-14(15-5-9-25-10-6-15)26(2)20(29)16-7-11-27(12-8-16)18-4-3-17(21(22,23)24)13-19(18)28(30)31/h3-6,9-10,13-14,16H,7-8,11-12H2,1-2H3. The zero-order valence-electron chi connectivity index (χ0n) is 17.2. The monoisotopic (exact) mass is 436 g/mol. The van der Waals surface area contributed by atoms with Gasteiger partial charge in [-0.15, -0.1) is 0 Å². The summed E-state index contributed by atoms with van der Waals surface area (Å²) in [4.78, 5) is 30.8. The molecule has 1 aliphatic rings. The van der Waals surface area contributed by atoms with Gasteiger partial charge >= 0.3 is 6.18 Å². The summed E-state index contributed by atoms with van der Waals surface area (Å²) >= 11 is 0. The minimum atomic E-state index is -4.65. The maximum absolute atomic E-state index is 12.9. The van der Waals surface area contributed by atoms with Crippen LogP contribution in [0.5, 0.6) is 0 Å². The molecule has 1 saturated heterocycles. The Labute approximate surface area is 177 Å². The number of hydrogen-bond acceptors (Lipinski definition) is 5. The molecule has 7 nitrogen and oxygen atoms in total. The molecule has 2 heterocycles. The molecule has 0 saturated carbocycles. The third kappa shape index (κ3) is 4.95. The molecule has 1 atom stereocenters. The van der Waals surface area contributed by atoms with Crippen molar-refractivity contribution in [2.24, 2.45) is 5.92 Å². The van der Waals surface area contributed by atoms with Gasteiger partial charge in [0.05, 0.1) is 16.5 Å². The highest BCUT2D eigenvalue weighted by molar-refractivity contribution is 5.79. The topological polar surface area (TPSA) is 79.6 Å².